The van der Waals surface area contributed by atoms with Crippen molar-refractivity contribution in [3.05, 3.63) is 65.1 Å². The van der Waals surface area contributed by atoms with Crippen molar-refractivity contribution in [2.75, 3.05) is 6.54 Å². The summed E-state index contributed by atoms with van der Waals surface area (Å²) in [7, 11) is 0. The molecule has 0 fully saturated rings. The number of H-pyrrole nitrogens is 1. The van der Waals surface area contributed by atoms with Crippen molar-refractivity contribution in [1.29, 1.82) is 0 Å². The first-order valence-corrected chi connectivity index (χ1v) is 8.70. The normalized spacial score (nSPS) is 16.7. The number of aryl methyl sites for hydroxylation is 2. The molecule has 5 rings (SSSR count). The number of aromatic nitrogens is 6. The van der Waals surface area contributed by atoms with Gasteiger partial charge < -0.3 is 14.3 Å². The Kier molecular flexibility index (Phi) is 3.36. The van der Waals surface area contributed by atoms with Gasteiger partial charge in [-0.2, -0.15) is 5.10 Å². The summed E-state index contributed by atoms with van der Waals surface area (Å²) in [5.74, 6) is 0.0277. The minimum absolute atomic E-state index is 0.0158. The largest absolute Gasteiger partial charge is 0.417 e. The summed E-state index contributed by atoms with van der Waals surface area (Å²) < 4.78 is 7.20. The van der Waals surface area contributed by atoms with Gasteiger partial charge in [0.25, 0.3) is 0 Å². The van der Waals surface area contributed by atoms with E-state index in [9.17, 15) is 4.79 Å². The molecule has 0 bridgehead atoms. The van der Waals surface area contributed by atoms with E-state index < -0.39 is 6.04 Å². The molecule has 1 amide bonds. The van der Waals surface area contributed by atoms with Crippen LogP contribution in [-0.2, 0) is 6.42 Å². The number of nitrogens with zero attached hydrogens (tertiary/aromatic N) is 6. The number of nitrogens with one attached hydrogen (secondary N) is 1. The average Bonchev–Trinajstić information content (AvgIpc) is 3.39. The van der Waals surface area contributed by atoms with Gasteiger partial charge in [-0.05, 0) is 19.1 Å². The summed E-state index contributed by atoms with van der Waals surface area (Å²) >= 11 is 0. The third-order valence-electron chi connectivity index (χ3n) is 4.98. The first-order chi connectivity index (χ1) is 13.1. The lowest BCUT2D eigenvalue weighted by molar-refractivity contribution is 0.0644. The van der Waals surface area contributed by atoms with Crippen molar-refractivity contribution in [1.82, 2.24) is 34.7 Å². The number of hydrogen-bond donors (Lipinski definition) is 1. The number of aromatic amines is 1. The van der Waals surface area contributed by atoms with Crippen LogP contribution in [-0.4, -0.2) is 47.1 Å². The standard InChI is InChI=1S/C18H17N7O2/c1-10-13-5-3-4-7-25(13)23-14(10)16-15-12(19-9-20-15)6-8-24(16)18(26)17-22-21-11(2)27-17/h3-5,7,9,16H,6,8H2,1-2H3,(H,19,20). The molecule has 5 heterocycles. The van der Waals surface area contributed by atoms with E-state index >= 15 is 0 Å². The fourth-order valence-electron chi connectivity index (χ4n) is 3.68. The lowest BCUT2D eigenvalue weighted by Crippen LogP contribution is -2.41. The molecule has 1 aliphatic heterocycles. The van der Waals surface area contributed by atoms with Crippen molar-refractivity contribution in [2.24, 2.45) is 0 Å². The van der Waals surface area contributed by atoms with Gasteiger partial charge in [-0.3, -0.25) is 4.79 Å². The van der Waals surface area contributed by atoms with E-state index in [0.717, 1.165) is 28.2 Å². The predicted molar refractivity (Wildman–Crippen MR) is 94.1 cm³/mol. The molecule has 136 valence electrons. The Morgan fingerprint density at radius 3 is 2.93 bits per heavy atom. The highest BCUT2D eigenvalue weighted by Gasteiger charge is 2.38. The zero-order valence-electron chi connectivity index (χ0n) is 14.9. The molecule has 9 heteroatoms. The van der Waals surface area contributed by atoms with Crippen LogP contribution in [0.4, 0.5) is 0 Å². The predicted octanol–water partition coefficient (Wildman–Crippen LogP) is 1.85. The van der Waals surface area contributed by atoms with Crippen LogP contribution in [0.3, 0.4) is 0 Å². The number of carbonyl (C=O) groups excluding carboxylic acids is 1. The molecule has 0 saturated carbocycles. The van der Waals surface area contributed by atoms with Gasteiger partial charge in [0.2, 0.25) is 5.89 Å². The van der Waals surface area contributed by atoms with E-state index in [4.69, 9.17) is 9.52 Å². The molecule has 9 nitrogen and oxygen atoms in total. The number of pyridine rings is 1. The fraction of sp³-hybridized carbons (Fsp3) is 0.278. The van der Waals surface area contributed by atoms with Gasteiger partial charge in [-0.1, -0.05) is 6.07 Å². The van der Waals surface area contributed by atoms with E-state index in [-0.39, 0.29) is 11.8 Å². The van der Waals surface area contributed by atoms with E-state index in [1.807, 2.05) is 35.8 Å². The van der Waals surface area contributed by atoms with Gasteiger partial charge in [-0.15, -0.1) is 10.2 Å². The van der Waals surface area contributed by atoms with Gasteiger partial charge in [0.15, 0.2) is 0 Å². The number of imidazole rings is 1. The first-order valence-electron chi connectivity index (χ1n) is 8.70. The zero-order chi connectivity index (χ0) is 18.5. The highest BCUT2D eigenvalue weighted by molar-refractivity contribution is 5.90. The lowest BCUT2D eigenvalue weighted by atomic mass is 9.97. The molecule has 0 spiro atoms. The number of carbonyl (C=O) groups is 1. The Labute approximate surface area is 154 Å². The Bertz CT molecular complexity index is 1160. The molecular formula is C18H17N7O2. The van der Waals surface area contributed by atoms with Crippen LogP contribution >= 0.6 is 0 Å². The van der Waals surface area contributed by atoms with Crippen LogP contribution in [0, 0.1) is 13.8 Å². The highest BCUT2D eigenvalue weighted by Crippen LogP contribution is 2.36. The summed E-state index contributed by atoms with van der Waals surface area (Å²) in [6, 6.07) is 5.49. The number of rotatable bonds is 2. The monoisotopic (exact) mass is 363 g/mol. The molecule has 0 aromatic carbocycles. The minimum atomic E-state index is -0.417. The summed E-state index contributed by atoms with van der Waals surface area (Å²) in [5.41, 5.74) is 4.62. The van der Waals surface area contributed by atoms with Crippen LogP contribution < -0.4 is 0 Å². The highest BCUT2D eigenvalue weighted by atomic mass is 16.4. The summed E-state index contributed by atoms with van der Waals surface area (Å²) in [5, 5.41) is 12.4. The Morgan fingerprint density at radius 2 is 2.15 bits per heavy atom. The molecule has 4 aromatic rings. The molecule has 1 aliphatic rings. The molecule has 0 saturated heterocycles. The van der Waals surface area contributed by atoms with Crippen LogP contribution in [0.2, 0.25) is 0 Å². The van der Waals surface area contributed by atoms with Crippen LogP contribution in [0.5, 0.6) is 0 Å². The van der Waals surface area contributed by atoms with Crippen molar-refractivity contribution >= 4 is 11.4 Å². The van der Waals surface area contributed by atoms with Crippen molar-refractivity contribution < 1.29 is 9.21 Å². The molecule has 4 aromatic heterocycles. The SMILES string of the molecule is Cc1nnc(C(=O)N2CCc3[nH]cnc3C2c2nn3ccccc3c2C)o1. The zero-order valence-corrected chi connectivity index (χ0v) is 14.9. The molecule has 0 radical (unpaired) electrons. The third-order valence-corrected chi connectivity index (χ3v) is 4.98. The summed E-state index contributed by atoms with van der Waals surface area (Å²) in [4.78, 5) is 22.5. The molecular weight excluding hydrogens is 346 g/mol. The van der Waals surface area contributed by atoms with Crippen molar-refractivity contribution in [3.8, 4) is 0 Å². The molecule has 1 N–H and O–H groups in total. The third kappa shape index (κ3) is 2.35. The maximum atomic E-state index is 13.1. The van der Waals surface area contributed by atoms with Gasteiger partial charge in [0.05, 0.1) is 23.2 Å². The van der Waals surface area contributed by atoms with Gasteiger partial charge in [-0.25, -0.2) is 9.50 Å². The molecule has 1 atom stereocenters. The Balaban J connectivity index is 1.67. The average molecular weight is 363 g/mol. The minimum Gasteiger partial charge on any atom is -0.417 e. The van der Waals surface area contributed by atoms with E-state index in [1.54, 1.807) is 18.2 Å². The maximum absolute atomic E-state index is 13.1. The maximum Gasteiger partial charge on any atom is 0.312 e. The fourth-order valence-corrected chi connectivity index (χ4v) is 3.68. The van der Waals surface area contributed by atoms with E-state index in [1.165, 1.54) is 0 Å². The number of hydrogen-bond acceptors (Lipinski definition) is 6. The first kappa shape index (κ1) is 15.7. The Morgan fingerprint density at radius 1 is 1.26 bits per heavy atom. The number of fused-ring (bicyclic) bond motifs is 2. The second-order valence-electron chi connectivity index (χ2n) is 6.58. The summed E-state index contributed by atoms with van der Waals surface area (Å²) in [6.07, 6.45) is 4.23. The van der Waals surface area contributed by atoms with Gasteiger partial charge >= 0.3 is 11.8 Å². The quantitative estimate of drug-likeness (QED) is 0.583. The van der Waals surface area contributed by atoms with Gasteiger partial charge in [0.1, 0.15) is 6.04 Å². The topological polar surface area (TPSA) is 105 Å². The number of amides is 1. The van der Waals surface area contributed by atoms with Crippen molar-refractivity contribution in [3.63, 3.8) is 0 Å². The van der Waals surface area contributed by atoms with Gasteiger partial charge in [0, 0.05) is 37.3 Å². The van der Waals surface area contributed by atoms with Crippen molar-refractivity contribution in [2.45, 2.75) is 26.3 Å². The van der Waals surface area contributed by atoms with Crippen LogP contribution in [0.15, 0.2) is 35.1 Å². The lowest BCUT2D eigenvalue weighted by Gasteiger charge is -2.33. The van der Waals surface area contributed by atoms with E-state index in [2.05, 4.69) is 20.2 Å². The molecule has 27 heavy (non-hydrogen) atoms. The molecule has 0 aliphatic carbocycles. The Hall–Kier alpha value is -3.49. The van der Waals surface area contributed by atoms with E-state index in [0.29, 0.717) is 18.9 Å². The summed E-state index contributed by atoms with van der Waals surface area (Å²) in [6.45, 7) is 4.18. The molecule has 1 unspecified atom stereocenters. The second-order valence-corrected chi connectivity index (χ2v) is 6.58. The van der Waals surface area contributed by atoms with Crippen LogP contribution in [0.25, 0.3) is 5.52 Å². The second kappa shape index (κ2) is 5.76. The smallest absolute Gasteiger partial charge is 0.312 e. The van der Waals surface area contributed by atoms with Crippen LogP contribution in [0.1, 0.15) is 45.3 Å².